The van der Waals surface area contributed by atoms with E-state index in [-0.39, 0.29) is 5.91 Å². The summed E-state index contributed by atoms with van der Waals surface area (Å²) in [6, 6.07) is 16.1. The van der Waals surface area contributed by atoms with E-state index in [1.54, 1.807) is 13.2 Å². The van der Waals surface area contributed by atoms with Gasteiger partial charge in [0.2, 0.25) is 0 Å². The fourth-order valence-corrected chi connectivity index (χ4v) is 3.12. The Morgan fingerprint density at radius 3 is 2.71 bits per heavy atom. The number of rotatable bonds is 9. The van der Waals surface area contributed by atoms with Crippen LogP contribution in [0, 0.1) is 6.92 Å². The van der Waals surface area contributed by atoms with E-state index in [9.17, 15) is 4.79 Å². The van der Waals surface area contributed by atoms with Crippen LogP contribution in [0.15, 0.2) is 61.2 Å². The normalized spacial score (nSPS) is 10.8. The minimum atomic E-state index is -0.130. The first kappa shape index (κ1) is 19.7. The molecule has 1 aromatic heterocycles. The molecule has 5 heteroatoms. The highest BCUT2D eigenvalue weighted by atomic mass is 16.5. The number of carbonyl (C=O) groups excluding carboxylic acids is 1. The van der Waals surface area contributed by atoms with Crippen molar-refractivity contribution >= 4 is 16.8 Å². The van der Waals surface area contributed by atoms with Crippen LogP contribution in [-0.4, -0.2) is 37.3 Å². The van der Waals surface area contributed by atoms with E-state index in [1.807, 2.05) is 28.8 Å². The first-order chi connectivity index (χ1) is 13.6. The van der Waals surface area contributed by atoms with E-state index in [1.165, 1.54) is 5.56 Å². The van der Waals surface area contributed by atoms with E-state index >= 15 is 0 Å². The van der Waals surface area contributed by atoms with Gasteiger partial charge in [-0.15, -0.1) is 0 Å². The number of hydrogen-bond acceptors (Lipinski definition) is 3. The Bertz CT molecular complexity index is 958. The van der Waals surface area contributed by atoms with Crippen LogP contribution in [0.1, 0.15) is 21.6 Å². The summed E-state index contributed by atoms with van der Waals surface area (Å²) in [5.74, 6) is 0.612. The van der Waals surface area contributed by atoms with Crippen molar-refractivity contribution in [2.75, 3.05) is 26.9 Å². The molecule has 0 aliphatic carbocycles. The van der Waals surface area contributed by atoms with Crippen LogP contribution >= 0.6 is 0 Å². The summed E-state index contributed by atoms with van der Waals surface area (Å²) in [6.07, 6.45) is 1.71. The van der Waals surface area contributed by atoms with Gasteiger partial charge in [-0.05, 0) is 30.7 Å². The van der Waals surface area contributed by atoms with Crippen LogP contribution in [0.2, 0.25) is 0 Å². The van der Waals surface area contributed by atoms with Gasteiger partial charge in [-0.3, -0.25) is 4.79 Å². The van der Waals surface area contributed by atoms with Crippen LogP contribution < -0.4 is 10.1 Å². The van der Waals surface area contributed by atoms with E-state index < -0.39 is 0 Å². The van der Waals surface area contributed by atoms with Gasteiger partial charge in [-0.25, -0.2) is 0 Å². The van der Waals surface area contributed by atoms with Crippen molar-refractivity contribution in [2.45, 2.75) is 13.5 Å². The topological polar surface area (TPSA) is 52.5 Å². The number of ether oxygens (including phenoxy) is 2. The van der Waals surface area contributed by atoms with Crippen LogP contribution in [0.5, 0.6) is 5.75 Å². The molecule has 0 unspecified atom stereocenters. The third-order valence-electron chi connectivity index (χ3n) is 4.55. The molecular formula is C23H26N2O3. The average molecular weight is 378 g/mol. The predicted molar refractivity (Wildman–Crippen MR) is 112 cm³/mol. The number of aromatic nitrogens is 1. The van der Waals surface area contributed by atoms with Crippen molar-refractivity contribution in [1.82, 2.24) is 9.88 Å². The van der Waals surface area contributed by atoms with Gasteiger partial charge in [-0.1, -0.05) is 48.6 Å². The standard InChI is InChI=1S/C23H26N2O3/c1-4-13-28-22-7-5-6-20-19(22)15-21(23(26)24-12-14-27-3)25(20)16-18-10-8-17(2)9-11-18/h4-11,15H,1,12-14,16H2,2-3H3,(H,24,26). The molecule has 1 amide bonds. The molecule has 0 saturated heterocycles. The summed E-state index contributed by atoms with van der Waals surface area (Å²) >= 11 is 0. The second-order valence-electron chi connectivity index (χ2n) is 6.64. The number of amides is 1. The highest BCUT2D eigenvalue weighted by molar-refractivity contribution is 6.00. The molecule has 0 spiro atoms. The maximum Gasteiger partial charge on any atom is 0.268 e. The molecular weight excluding hydrogens is 352 g/mol. The van der Waals surface area contributed by atoms with Crippen LogP contribution in [0.25, 0.3) is 10.9 Å². The second-order valence-corrected chi connectivity index (χ2v) is 6.64. The SMILES string of the molecule is C=CCOc1cccc2c1cc(C(=O)NCCOC)n2Cc1ccc(C)cc1. The van der Waals surface area contributed by atoms with Crippen molar-refractivity contribution in [3.8, 4) is 5.75 Å². The second kappa shape index (κ2) is 9.24. The lowest BCUT2D eigenvalue weighted by atomic mass is 10.1. The molecule has 5 nitrogen and oxygen atoms in total. The van der Waals surface area contributed by atoms with Gasteiger partial charge in [0, 0.05) is 25.6 Å². The average Bonchev–Trinajstić information content (AvgIpc) is 3.07. The number of nitrogens with one attached hydrogen (secondary N) is 1. The zero-order chi connectivity index (χ0) is 19.9. The van der Waals surface area contributed by atoms with Crippen LogP contribution in [0.4, 0.5) is 0 Å². The summed E-state index contributed by atoms with van der Waals surface area (Å²) in [5, 5.41) is 3.83. The van der Waals surface area contributed by atoms with E-state index in [0.717, 1.165) is 22.2 Å². The summed E-state index contributed by atoms with van der Waals surface area (Å²) in [4.78, 5) is 12.8. The molecule has 1 heterocycles. The molecule has 0 bridgehead atoms. The highest BCUT2D eigenvalue weighted by Crippen LogP contribution is 2.30. The van der Waals surface area contributed by atoms with Gasteiger partial charge in [-0.2, -0.15) is 0 Å². The quantitative estimate of drug-likeness (QED) is 0.453. The molecule has 28 heavy (non-hydrogen) atoms. The minimum Gasteiger partial charge on any atom is -0.489 e. The Kier molecular flexibility index (Phi) is 6.50. The van der Waals surface area contributed by atoms with E-state index in [4.69, 9.17) is 9.47 Å². The van der Waals surface area contributed by atoms with Crippen LogP contribution in [-0.2, 0) is 11.3 Å². The Hall–Kier alpha value is -3.05. The fourth-order valence-electron chi connectivity index (χ4n) is 3.12. The predicted octanol–water partition coefficient (Wildman–Crippen LogP) is 3.94. The first-order valence-electron chi connectivity index (χ1n) is 9.32. The third kappa shape index (κ3) is 4.43. The maximum atomic E-state index is 12.8. The number of benzene rings is 2. The van der Waals surface area contributed by atoms with Crippen molar-refractivity contribution < 1.29 is 14.3 Å². The largest absolute Gasteiger partial charge is 0.489 e. The lowest BCUT2D eigenvalue weighted by Gasteiger charge is -2.12. The van der Waals surface area contributed by atoms with Gasteiger partial charge in [0.15, 0.2) is 0 Å². The van der Waals surface area contributed by atoms with E-state index in [2.05, 4.69) is 43.1 Å². The number of carbonyl (C=O) groups is 1. The van der Waals surface area contributed by atoms with Gasteiger partial charge in [0.05, 0.1) is 12.1 Å². The number of fused-ring (bicyclic) bond motifs is 1. The molecule has 0 radical (unpaired) electrons. The van der Waals surface area contributed by atoms with Crippen LogP contribution in [0.3, 0.4) is 0 Å². The van der Waals surface area contributed by atoms with Gasteiger partial charge in [0.1, 0.15) is 18.1 Å². The Labute approximate surface area is 165 Å². The molecule has 3 aromatic rings. The molecule has 3 rings (SSSR count). The monoisotopic (exact) mass is 378 g/mol. The summed E-state index contributed by atoms with van der Waals surface area (Å²) in [7, 11) is 1.61. The Balaban J connectivity index is 2.03. The smallest absolute Gasteiger partial charge is 0.268 e. The van der Waals surface area contributed by atoms with Gasteiger partial charge < -0.3 is 19.4 Å². The van der Waals surface area contributed by atoms with Crippen molar-refractivity contribution in [1.29, 1.82) is 0 Å². The summed E-state index contributed by atoms with van der Waals surface area (Å²) < 4.78 is 12.9. The lowest BCUT2D eigenvalue weighted by Crippen LogP contribution is -2.29. The Morgan fingerprint density at radius 2 is 2.00 bits per heavy atom. The number of nitrogens with zero attached hydrogens (tertiary/aromatic N) is 1. The lowest BCUT2D eigenvalue weighted by molar-refractivity contribution is 0.0928. The van der Waals surface area contributed by atoms with Crippen molar-refractivity contribution in [2.24, 2.45) is 0 Å². The zero-order valence-electron chi connectivity index (χ0n) is 16.4. The number of hydrogen-bond donors (Lipinski definition) is 1. The molecule has 146 valence electrons. The van der Waals surface area contributed by atoms with E-state index in [0.29, 0.717) is 32.0 Å². The van der Waals surface area contributed by atoms with Gasteiger partial charge in [0.25, 0.3) is 5.91 Å². The minimum absolute atomic E-state index is 0.130. The molecule has 0 aliphatic rings. The Morgan fingerprint density at radius 1 is 1.21 bits per heavy atom. The molecule has 0 atom stereocenters. The van der Waals surface area contributed by atoms with Crippen molar-refractivity contribution in [3.05, 3.63) is 78.0 Å². The van der Waals surface area contributed by atoms with Gasteiger partial charge >= 0.3 is 0 Å². The molecule has 2 aromatic carbocycles. The zero-order valence-corrected chi connectivity index (χ0v) is 16.4. The third-order valence-corrected chi connectivity index (χ3v) is 4.55. The number of aryl methyl sites for hydroxylation is 1. The molecule has 0 aliphatic heterocycles. The summed E-state index contributed by atoms with van der Waals surface area (Å²) in [6.45, 7) is 7.71. The number of methoxy groups -OCH3 is 1. The highest BCUT2D eigenvalue weighted by Gasteiger charge is 2.18. The molecule has 1 N–H and O–H groups in total. The summed E-state index contributed by atoms with van der Waals surface area (Å²) in [5.41, 5.74) is 3.89. The molecule has 0 fully saturated rings. The molecule has 0 saturated carbocycles. The first-order valence-corrected chi connectivity index (χ1v) is 9.32. The maximum absolute atomic E-state index is 12.8. The fraction of sp³-hybridized carbons (Fsp3) is 0.261. The van der Waals surface area contributed by atoms with Crippen molar-refractivity contribution in [3.63, 3.8) is 0 Å².